The predicted octanol–water partition coefficient (Wildman–Crippen LogP) is 6.80. The summed E-state index contributed by atoms with van der Waals surface area (Å²) in [6.45, 7) is 7.19. The number of allylic oxidation sites excluding steroid dienone is 4. The molecule has 0 heterocycles. The summed E-state index contributed by atoms with van der Waals surface area (Å²) in [5.41, 5.74) is -0.0802. The van der Waals surface area contributed by atoms with E-state index in [1.807, 2.05) is 38.1 Å². The number of benzene rings is 2. The number of nitrogens with one attached hydrogen (secondary N) is 2. The van der Waals surface area contributed by atoms with E-state index in [9.17, 15) is 27.2 Å². The number of halogens is 4. The molecule has 2 aromatic carbocycles. The Morgan fingerprint density at radius 2 is 1.25 bits per heavy atom. The molecule has 0 saturated heterocycles. The number of hydrogen-bond acceptors (Lipinski definition) is 2. The molecule has 4 nitrogen and oxygen atoms in total. The van der Waals surface area contributed by atoms with E-state index >= 15 is 0 Å². The Morgan fingerprint density at radius 3 is 1.50 bits per heavy atom. The van der Waals surface area contributed by atoms with Gasteiger partial charge in [0.1, 0.15) is 0 Å². The first kappa shape index (κ1) is 33.3. The number of carbonyl (C=O) groups is 2. The van der Waals surface area contributed by atoms with Gasteiger partial charge in [0.25, 0.3) is 0 Å². The Bertz CT molecular complexity index is 963. The van der Waals surface area contributed by atoms with Crippen LogP contribution in [0.2, 0.25) is 0 Å². The molecule has 0 spiro atoms. The Hall–Kier alpha value is -2.71. The fourth-order valence-electron chi connectivity index (χ4n) is 2.30. The Kier molecular flexibility index (Phi) is 16.4. The minimum atomic E-state index is -0.883. The minimum Gasteiger partial charge on any atom is -0.376 e. The van der Waals surface area contributed by atoms with Crippen molar-refractivity contribution in [2.45, 2.75) is 47.0 Å². The largest absolute Gasteiger partial charge is 3.00 e. The Morgan fingerprint density at radius 1 is 0.833 bits per heavy atom. The van der Waals surface area contributed by atoms with Crippen molar-refractivity contribution in [3.05, 3.63) is 84.0 Å². The average molecular weight is 537 g/mol. The number of carbonyl (C=O) groups excluding carboxylic acids is 2. The van der Waals surface area contributed by atoms with Crippen LogP contribution in [-0.2, 0) is 31.3 Å². The molecule has 9 heteroatoms. The Balaban J connectivity index is 0.000000556. The van der Waals surface area contributed by atoms with Crippen LogP contribution in [0, 0.1) is 53.3 Å². The summed E-state index contributed by atoms with van der Waals surface area (Å²) in [5.74, 6) is -4.29. The summed E-state index contributed by atoms with van der Waals surface area (Å²) >= 11 is 0. The molecule has 0 fully saturated rings. The maximum absolute atomic E-state index is 13.1. The molecule has 2 N–H and O–H groups in total. The first-order chi connectivity index (χ1) is 16.6. The molecule has 36 heavy (non-hydrogen) atoms. The third-order valence-electron chi connectivity index (χ3n) is 4.95. The molecular weight excluding hydrogens is 508 g/mol. The summed E-state index contributed by atoms with van der Waals surface area (Å²) in [4.78, 5) is 22.8. The maximum atomic E-state index is 13.1. The molecular formula is C27H29F4N2O2Ti. The van der Waals surface area contributed by atoms with E-state index in [4.69, 9.17) is 0 Å². The van der Waals surface area contributed by atoms with E-state index in [0.29, 0.717) is 12.8 Å². The molecule has 0 bridgehead atoms. The van der Waals surface area contributed by atoms with Gasteiger partial charge in [0.2, 0.25) is 11.8 Å². The normalized spacial score (nSPS) is 12.7. The van der Waals surface area contributed by atoms with Crippen molar-refractivity contribution in [1.29, 1.82) is 0 Å². The van der Waals surface area contributed by atoms with Crippen molar-refractivity contribution < 1.29 is 48.9 Å². The van der Waals surface area contributed by atoms with Crippen LogP contribution in [0.3, 0.4) is 0 Å². The first-order valence-electron chi connectivity index (χ1n) is 11.2. The van der Waals surface area contributed by atoms with Gasteiger partial charge < -0.3 is 10.6 Å². The topological polar surface area (TPSA) is 58.2 Å². The SMILES string of the molecule is CCC(C)C(=O)Nc1ccc(F)[c-]c1F.CCC(C)C(=O)Nc1ccc(F)[c-]c1F.[C-]1=CC=CC1.[Ti+3]. The third-order valence-corrected chi connectivity index (χ3v) is 4.95. The van der Waals surface area contributed by atoms with Gasteiger partial charge >= 0.3 is 21.7 Å². The van der Waals surface area contributed by atoms with E-state index in [2.05, 4.69) is 22.8 Å². The van der Waals surface area contributed by atoms with Gasteiger partial charge in [-0.25, -0.2) is 29.7 Å². The summed E-state index contributed by atoms with van der Waals surface area (Å²) in [6.07, 6.45) is 11.3. The molecule has 0 aromatic heterocycles. The molecule has 3 rings (SSSR count). The monoisotopic (exact) mass is 537 g/mol. The second-order valence-corrected chi connectivity index (χ2v) is 7.67. The van der Waals surface area contributed by atoms with E-state index in [1.54, 1.807) is 13.8 Å². The molecule has 1 radical (unpaired) electrons. The molecule has 0 aliphatic heterocycles. The zero-order chi connectivity index (χ0) is 26.4. The molecule has 2 aromatic rings. The first-order valence-corrected chi connectivity index (χ1v) is 11.2. The van der Waals surface area contributed by atoms with Gasteiger partial charge in [0.05, 0.1) is 0 Å². The second-order valence-electron chi connectivity index (χ2n) is 7.67. The summed E-state index contributed by atoms with van der Waals surface area (Å²) in [5, 5.41) is 4.75. The zero-order valence-electron chi connectivity index (χ0n) is 20.6. The van der Waals surface area contributed by atoms with Crippen LogP contribution in [0.4, 0.5) is 28.9 Å². The molecule has 2 amide bonds. The van der Waals surface area contributed by atoms with Gasteiger partial charge in [0, 0.05) is 35.1 Å². The summed E-state index contributed by atoms with van der Waals surface area (Å²) in [6, 6.07) is 8.17. The van der Waals surface area contributed by atoms with E-state index < -0.39 is 23.3 Å². The van der Waals surface area contributed by atoms with Crippen LogP contribution in [0.5, 0.6) is 0 Å². The molecule has 1 aliphatic rings. The molecule has 1 aliphatic carbocycles. The minimum absolute atomic E-state index is 0. The standard InChI is InChI=1S/2C11H12F2NO.C5H5.Ti/c2*1-3-7(2)11(15)14-10-5-4-8(12)6-9(10)13;1-2-4-5-3-1;/h2*4-5,7H,3H2,1-2H3,(H,14,15);1-3H,4H2;/q3*-1;+3. The number of anilines is 2. The van der Waals surface area contributed by atoms with E-state index in [0.717, 1.165) is 18.6 Å². The molecule has 2 unspecified atom stereocenters. The molecule has 2 atom stereocenters. The van der Waals surface area contributed by atoms with Crippen LogP contribution in [0.15, 0.2) is 42.5 Å². The zero-order valence-corrected chi connectivity index (χ0v) is 22.2. The van der Waals surface area contributed by atoms with Crippen LogP contribution in [-0.4, -0.2) is 11.8 Å². The van der Waals surface area contributed by atoms with Gasteiger partial charge in [-0.1, -0.05) is 27.7 Å². The predicted molar refractivity (Wildman–Crippen MR) is 128 cm³/mol. The van der Waals surface area contributed by atoms with Gasteiger partial charge in [-0.15, -0.1) is 42.8 Å². The van der Waals surface area contributed by atoms with E-state index in [1.165, 1.54) is 12.1 Å². The quantitative estimate of drug-likeness (QED) is 0.242. The molecule has 0 saturated carbocycles. The number of rotatable bonds is 6. The second kappa shape index (κ2) is 17.7. The van der Waals surface area contributed by atoms with Crippen LogP contribution < -0.4 is 10.6 Å². The summed E-state index contributed by atoms with van der Waals surface area (Å²) < 4.78 is 51.1. The van der Waals surface area contributed by atoms with Crippen LogP contribution in [0.1, 0.15) is 47.0 Å². The summed E-state index contributed by atoms with van der Waals surface area (Å²) in [7, 11) is 0. The van der Waals surface area contributed by atoms with Crippen molar-refractivity contribution in [3.63, 3.8) is 0 Å². The average Bonchev–Trinajstić information content (AvgIpc) is 3.42. The fraction of sp³-hybridized carbons (Fsp3) is 0.333. The smallest absolute Gasteiger partial charge is 0.376 e. The fourth-order valence-corrected chi connectivity index (χ4v) is 2.30. The van der Waals surface area contributed by atoms with Crippen molar-refractivity contribution in [1.82, 2.24) is 0 Å². The van der Waals surface area contributed by atoms with Crippen molar-refractivity contribution in [3.8, 4) is 0 Å². The van der Waals surface area contributed by atoms with Crippen molar-refractivity contribution >= 4 is 23.2 Å². The van der Waals surface area contributed by atoms with Gasteiger partial charge in [-0.05, 0) is 24.2 Å². The van der Waals surface area contributed by atoms with Crippen molar-refractivity contribution in [2.24, 2.45) is 11.8 Å². The van der Waals surface area contributed by atoms with Gasteiger partial charge in [-0.2, -0.15) is 6.08 Å². The van der Waals surface area contributed by atoms with Crippen molar-refractivity contribution in [2.75, 3.05) is 10.6 Å². The third kappa shape index (κ3) is 12.3. The molecule has 191 valence electrons. The van der Waals surface area contributed by atoms with E-state index in [-0.39, 0.29) is 56.7 Å². The van der Waals surface area contributed by atoms with Crippen LogP contribution in [0.25, 0.3) is 0 Å². The maximum Gasteiger partial charge on any atom is 3.00 e. The van der Waals surface area contributed by atoms with Gasteiger partial charge in [-0.3, -0.25) is 15.7 Å². The Labute approximate surface area is 225 Å². The van der Waals surface area contributed by atoms with Gasteiger partial charge in [0.15, 0.2) is 0 Å². The number of hydrogen-bond donors (Lipinski definition) is 2. The van der Waals surface area contributed by atoms with Crippen LogP contribution >= 0.6 is 0 Å². The number of amides is 2.